The summed E-state index contributed by atoms with van der Waals surface area (Å²) in [6, 6.07) is 15.8. The number of nitrogens with one attached hydrogen (secondary N) is 1. The van der Waals surface area contributed by atoms with Gasteiger partial charge in [-0.05, 0) is 74.3 Å². The number of ether oxygens (including phenoxy) is 6. The van der Waals surface area contributed by atoms with Crippen LogP contribution in [-0.2, 0) is 41.5 Å². The first-order valence-electron chi connectivity index (χ1n) is 16.1. The van der Waals surface area contributed by atoms with Crippen molar-refractivity contribution in [3.05, 3.63) is 83.0 Å². The Morgan fingerprint density at radius 2 is 1.72 bits per heavy atom. The van der Waals surface area contributed by atoms with Gasteiger partial charge < -0.3 is 39.5 Å². The summed E-state index contributed by atoms with van der Waals surface area (Å²) >= 11 is 0. The van der Waals surface area contributed by atoms with Crippen LogP contribution in [0.2, 0.25) is 0 Å². The van der Waals surface area contributed by atoms with Gasteiger partial charge in [0.2, 0.25) is 0 Å². The first kappa shape index (κ1) is 37.8. The Labute approximate surface area is 279 Å². The highest BCUT2D eigenvalue weighted by Gasteiger charge is 2.31. The number of fused-ring (bicyclic) bond motifs is 2. The fraction of sp³-hybridized carbons (Fsp3) is 0.514. The van der Waals surface area contributed by atoms with E-state index >= 15 is 0 Å². The van der Waals surface area contributed by atoms with E-state index in [1.165, 1.54) is 0 Å². The molecule has 3 rings (SSSR count). The molecule has 2 bridgehead atoms. The monoisotopic (exact) mass is 652 g/mol. The smallest absolute Gasteiger partial charge is 0.405 e. The zero-order chi connectivity index (χ0) is 34.3. The number of benzene rings is 2. The Morgan fingerprint density at radius 1 is 1.00 bits per heavy atom. The summed E-state index contributed by atoms with van der Waals surface area (Å²) in [6.45, 7) is 8.35. The number of anilines is 1. The highest BCUT2D eigenvalue weighted by atomic mass is 16.7. The summed E-state index contributed by atoms with van der Waals surface area (Å²) in [5, 5.41) is 3.05. The number of primary amides is 1. The maximum Gasteiger partial charge on any atom is 0.405 e. The molecule has 10 nitrogen and oxygen atoms in total. The molecule has 10 heteroatoms. The number of methoxy groups -OCH3 is 3. The topological polar surface area (TPSA) is 128 Å². The average molecular weight is 653 g/mol. The summed E-state index contributed by atoms with van der Waals surface area (Å²) < 4.78 is 35.1. The maximum atomic E-state index is 13.3. The molecule has 0 fully saturated rings. The number of carbonyl (C=O) groups is 2. The number of carbonyl (C=O) groups excluding carboxylic acids is 2. The molecule has 6 atom stereocenters. The van der Waals surface area contributed by atoms with Gasteiger partial charge in [-0.2, -0.15) is 0 Å². The van der Waals surface area contributed by atoms with Crippen molar-refractivity contribution in [1.29, 1.82) is 0 Å². The van der Waals surface area contributed by atoms with Crippen molar-refractivity contribution in [2.24, 2.45) is 17.6 Å². The van der Waals surface area contributed by atoms with Gasteiger partial charge in [-0.3, -0.25) is 4.79 Å². The lowest BCUT2D eigenvalue weighted by Gasteiger charge is -2.32. The maximum absolute atomic E-state index is 13.3. The molecular formula is C37H52N2O8. The van der Waals surface area contributed by atoms with Gasteiger partial charge in [-0.15, -0.1) is 0 Å². The molecular weight excluding hydrogens is 600 g/mol. The zero-order valence-electron chi connectivity index (χ0n) is 28.8. The van der Waals surface area contributed by atoms with Crippen molar-refractivity contribution >= 4 is 17.7 Å². The largest absolute Gasteiger partial charge is 0.489 e. The lowest BCUT2D eigenvalue weighted by Crippen LogP contribution is -2.39. The Morgan fingerprint density at radius 3 is 2.38 bits per heavy atom. The fourth-order valence-corrected chi connectivity index (χ4v) is 6.04. The number of hydrogen-bond donors (Lipinski definition) is 2. The second-order valence-electron chi connectivity index (χ2n) is 12.3. The number of rotatable bonds is 9. The highest BCUT2D eigenvalue weighted by molar-refractivity contribution is 6.03. The van der Waals surface area contributed by atoms with Crippen LogP contribution < -0.4 is 15.8 Å². The van der Waals surface area contributed by atoms with Gasteiger partial charge in [0, 0.05) is 44.6 Å². The standard InChI is InChI=1S/C37H52N2O8/c1-24-16-29-19-30(21-31(20-29)45-22-28-13-9-8-10-14-28)39-36(40)25(2)12-11-15-32(43-6)35(47-37(38)41)27(4)18-26(3)34(46-23-42-5)33(17-24)44-7/h8-10,12-14,18-21,24,26,32-35H,11,15-17,22-23H2,1-7H3,(H2,38,41)(H,39,40)/b25-12+,27-18+/t24-,26+,32+,33+,34-,35+/m1/s1. The molecule has 2 aromatic rings. The van der Waals surface area contributed by atoms with Gasteiger partial charge in [-0.1, -0.05) is 56.3 Å². The molecule has 2 amide bonds. The van der Waals surface area contributed by atoms with Crippen LogP contribution in [0.1, 0.15) is 58.1 Å². The van der Waals surface area contributed by atoms with Crippen LogP contribution in [0.4, 0.5) is 10.5 Å². The van der Waals surface area contributed by atoms with E-state index in [-0.39, 0.29) is 36.7 Å². The second-order valence-corrected chi connectivity index (χ2v) is 12.3. The van der Waals surface area contributed by atoms with Gasteiger partial charge in [0.1, 0.15) is 19.1 Å². The highest BCUT2D eigenvalue weighted by Crippen LogP contribution is 2.29. The lowest BCUT2D eigenvalue weighted by molar-refractivity contribution is -0.136. The summed E-state index contributed by atoms with van der Waals surface area (Å²) in [6.07, 6.45) is 3.48. The van der Waals surface area contributed by atoms with Crippen LogP contribution in [0.5, 0.6) is 5.75 Å². The van der Waals surface area contributed by atoms with Crippen LogP contribution in [0.15, 0.2) is 71.8 Å². The van der Waals surface area contributed by atoms with Gasteiger partial charge in [0.05, 0.1) is 18.3 Å². The van der Waals surface area contributed by atoms with Gasteiger partial charge >= 0.3 is 6.09 Å². The molecule has 3 N–H and O–H groups in total. The summed E-state index contributed by atoms with van der Waals surface area (Å²) in [5.74, 6) is 0.476. The number of amides is 2. The van der Waals surface area contributed by atoms with E-state index in [1.54, 1.807) is 28.3 Å². The molecule has 47 heavy (non-hydrogen) atoms. The summed E-state index contributed by atoms with van der Waals surface area (Å²) in [5.41, 5.74) is 9.53. The van der Waals surface area contributed by atoms with Crippen molar-refractivity contribution in [1.82, 2.24) is 0 Å². The molecule has 0 radical (unpaired) electrons. The first-order valence-corrected chi connectivity index (χ1v) is 16.1. The molecule has 0 aromatic heterocycles. The normalized spacial score (nSPS) is 27.1. The van der Waals surface area contributed by atoms with Crippen LogP contribution in [0.25, 0.3) is 0 Å². The number of hydrogen-bond acceptors (Lipinski definition) is 8. The van der Waals surface area contributed by atoms with Crippen molar-refractivity contribution in [3.63, 3.8) is 0 Å². The second kappa shape index (κ2) is 19.2. The van der Waals surface area contributed by atoms with Gasteiger partial charge in [0.25, 0.3) is 5.91 Å². The third-order valence-corrected chi connectivity index (χ3v) is 8.38. The minimum absolute atomic E-state index is 0.0909. The van der Waals surface area contributed by atoms with E-state index in [4.69, 9.17) is 34.2 Å². The van der Waals surface area contributed by atoms with Crippen molar-refractivity contribution in [3.8, 4) is 5.75 Å². The Balaban J connectivity index is 2.02. The van der Waals surface area contributed by atoms with E-state index in [9.17, 15) is 9.59 Å². The van der Waals surface area contributed by atoms with Crippen LogP contribution in [0, 0.1) is 11.8 Å². The average Bonchev–Trinajstić information content (AvgIpc) is 3.04. The molecule has 1 heterocycles. The molecule has 0 unspecified atom stereocenters. The molecule has 0 aliphatic carbocycles. The fourth-order valence-electron chi connectivity index (χ4n) is 6.04. The minimum Gasteiger partial charge on any atom is -0.489 e. The van der Waals surface area contributed by atoms with Crippen LogP contribution in [0.3, 0.4) is 0 Å². The van der Waals surface area contributed by atoms with E-state index in [0.29, 0.717) is 49.3 Å². The van der Waals surface area contributed by atoms with Gasteiger partial charge in [0.15, 0.2) is 6.10 Å². The van der Waals surface area contributed by atoms with Crippen LogP contribution >= 0.6 is 0 Å². The Bertz CT molecular complexity index is 1350. The molecule has 0 spiro atoms. The molecule has 258 valence electrons. The van der Waals surface area contributed by atoms with Crippen molar-refractivity contribution in [2.75, 3.05) is 33.4 Å². The predicted molar refractivity (Wildman–Crippen MR) is 182 cm³/mol. The first-order chi connectivity index (χ1) is 22.5. The molecule has 0 saturated carbocycles. The predicted octanol–water partition coefficient (Wildman–Crippen LogP) is 6.58. The van der Waals surface area contributed by atoms with E-state index in [0.717, 1.165) is 16.7 Å². The zero-order valence-corrected chi connectivity index (χ0v) is 28.8. The molecule has 2 aromatic carbocycles. The quantitative estimate of drug-likeness (QED) is 0.230. The SMILES string of the molecule is COCO[C@H]1[C@@H](OC)C[C@H](C)Cc2cc(cc(OCc3ccccc3)c2)NC(=O)/C(C)=C/CC[C@H](OC)[C@@H](OC(N)=O)/C(C)=C/[C@@H]1C. The number of nitrogens with two attached hydrogens (primary N) is 1. The summed E-state index contributed by atoms with van der Waals surface area (Å²) in [7, 11) is 4.83. The number of allylic oxidation sites excluding steroid dienone is 1. The van der Waals surface area contributed by atoms with Crippen molar-refractivity contribution in [2.45, 2.75) is 84.4 Å². The molecule has 0 saturated heterocycles. The Hall–Kier alpha value is -3.70. The Kier molecular flexibility index (Phi) is 15.4. The van der Waals surface area contributed by atoms with Crippen molar-refractivity contribution < 1.29 is 38.0 Å². The van der Waals surface area contributed by atoms with E-state index in [2.05, 4.69) is 12.2 Å². The summed E-state index contributed by atoms with van der Waals surface area (Å²) in [4.78, 5) is 25.2. The van der Waals surface area contributed by atoms with E-state index in [1.807, 2.05) is 74.5 Å². The molecule has 1 aliphatic rings. The third-order valence-electron chi connectivity index (χ3n) is 8.38. The van der Waals surface area contributed by atoms with E-state index < -0.39 is 18.3 Å². The minimum atomic E-state index is -0.897. The third kappa shape index (κ3) is 12.1. The molecule has 1 aliphatic heterocycles. The van der Waals surface area contributed by atoms with Crippen LogP contribution in [-0.4, -0.2) is 64.5 Å². The van der Waals surface area contributed by atoms with Gasteiger partial charge in [-0.25, -0.2) is 4.79 Å². The lowest BCUT2D eigenvalue weighted by atomic mass is 9.88.